The number of methoxy groups -OCH3 is 1. The molecule has 1 unspecified atom stereocenters. The van der Waals surface area contributed by atoms with Crippen LogP contribution in [0.1, 0.15) is 5.56 Å². The molecule has 1 aliphatic rings. The maximum Gasteiger partial charge on any atom is 0.130 e. The zero-order chi connectivity index (χ0) is 13.8. The lowest BCUT2D eigenvalue weighted by atomic mass is 10.1. The lowest BCUT2D eigenvalue weighted by Crippen LogP contribution is -2.53. The van der Waals surface area contributed by atoms with Crippen LogP contribution in [-0.4, -0.2) is 56.2 Å². The molecule has 0 aromatic heterocycles. The highest BCUT2D eigenvalue weighted by molar-refractivity contribution is 5.18. The topological polar surface area (TPSA) is 15.7 Å². The van der Waals surface area contributed by atoms with E-state index in [4.69, 9.17) is 4.74 Å². The van der Waals surface area contributed by atoms with Gasteiger partial charge in [-0.15, -0.1) is 0 Å². The van der Waals surface area contributed by atoms with Gasteiger partial charge >= 0.3 is 0 Å². The molecular weight excluding hydrogens is 250 g/mol. The molecule has 3 nitrogen and oxygen atoms in total. The highest BCUT2D eigenvalue weighted by Gasteiger charge is 2.25. The molecular formula is C14H20F2N2O. The largest absolute Gasteiger partial charge is 0.383 e. The van der Waals surface area contributed by atoms with Crippen LogP contribution in [-0.2, 0) is 11.3 Å². The molecule has 0 bridgehead atoms. The molecule has 1 aromatic rings. The Balaban J connectivity index is 2.07. The number of nitrogens with zero attached hydrogens (tertiary/aromatic N) is 2. The summed E-state index contributed by atoms with van der Waals surface area (Å²) in [4.78, 5) is 4.43. The maximum atomic E-state index is 13.7. The van der Waals surface area contributed by atoms with Gasteiger partial charge in [0.2, 0.25) is 0 Å². The van der Waals surface area contributed by atoms with Crippen LogP contribution in [0.15, 0.2) is 18.2 Å². The number of rotatable bonds is 4. The maximum absolute atomic E-state index is 13.7. The predicted molar refractivity (Wildman–Crippen MR) is 69.9 cm³/mol. The Kier molecular flexibility index (Phi) is 4.85. The van der Waals surface area contributed by atoms with Gasteiger partial charge in [0, 0.05) is 51.0 Å². The smallest absolute Gasteiger partial charge is 0.130 e. The first-order valence-electron chi connectivity index (χ1n) is 6.45. The van der Waals surface area contributed by atoms with E-state index < -0.39 is 11.6 Å². The van der Waals surface area contributed by atoms with Gasteiger partial charge < -0.3 is 9.64 Å². The Morgan fingerprint density at radius 1 is 1.32 bits per heavy atom. The van der Waals surface area contributed by atoms with E-state index in [2.05, 4.69) is 16.8 Å². The zero-order valence-corrected chi connectivity index (χ0v) is 11.4. The Labute approximate surface area is 112 Å². The first kappa shape index (κ1) is 14.4. The molecule has 1 aliphatic heterocycles. The van der Waals surface area contributed by atoms with E-state index in [1.54, 1.807) is 7.11 Å². The number of piperazine rings is 1. The fraction of sp³-hybridized carbons (Fsp3) is 0.571. The van der Waals surface area contributed by atoms with Crippen molar-refractivity contribution in [1.29, 1.82) is 0 Å². The van der Waals surface area contributed by atoms with Crippen LogP contribution in [0.5, 0.6) is 0 Å². The zero-order valence-electron chi connectivity index (χ0n) is 11.4. The van der Waals surface area contributed by atoms with Crippen LogP contribution >= 0.6 is 0 Å². The van der Waals surface area contributed by atoms with Crippen molar-refractivity contribution in [3.63, 3.8) is 0 Å². The van der Waals surface area contributed by atoms with Crippen molar-refractivity contribution in [2.75, 3.05) is 40.4 Å². The van der Waals surface area contributed by atoms with Gasteiger partial charge in [-0.25, -0.2) is 8.78 Å². The van der Waals surface area contributed by atoms with Gasteiger partial charge in [-0.1, -0.05) is 6.07 Å². The molecule has 5 heteroatoms. The van der Waals surface area contributed by atoms with Gasteiger partial charge in [0.15, 0.2) is 0 Å². The van der Waals surface area contributed by atoms with E-state index in [9.17, 15) is 8.78 Å². The molecule has 1 saturated heterocycles. The molecule has 1 heterocycles. The minimum Gasteiger partial charge on any atom is -0.383 e. The van der Waals surface area contributed by atoms with E-state index in [0.717, 1.165) is 25.7 Å². The average Bonchev–Trinajstić information content (AvgIpc) is 2.36. The van der Waals surface area contributed by atoms with E-state index in [-0.39, 0.29) is 6.04 Å². The van der Waals surface area contributed by atoms with Crippen molar-refractivity contribution in [3.05, 3.63) is 35.4 Å². The van der Waals surface area contributed by atoms with E-state index in [0.29, 0.717) is 18.7 Å². The molecule has 1 atom stereocenters. The van der Waals surface area contributed by atoms with Crippen LogP contribution in [0.4, 0.5) is 8.78 Å². The standard InChI is InChI=1S/C14H20F2N2O/c1-17-5-6-18(13(9-17)10-19-2)8-11-3-4-12(15)7-14(11)16/h3-4,7,13H,5-6,8-10H2,1-2H3. The third kappa shape index (κ3) is 3.72. The summed E-state index contributed by atoms with van der Waals surface area (Å²) in [7, 11) is 3.74. The monoisotopic (exact) mass is 270 g/mol. The highest BCUT2D eigenvalue weighted by Crippen LogP contribution is 2.16. The number of likely N-dealkylation sites (N-methyl/N-ethyl adjacent to an activating group) is 1. The molecule has 0 saturated carbocycles. The number of hydrogen-bond acceptors (Lipinski definition) is 3. The predicted octanol–water partition coefficient (Wildman–Crippen LogP) is 1.73. The Bertz CT molecular complexity index is 428. The summed E-state index contributed by atoms with van der Waals surface area (Å²) < 4.78 is 31.8. The number of hydrogen-bond donors (Lipinski definition) is 0. The van der Waals surface area contributed by atoms with Gasteiger partial charge in [-0.3, -0.25) is 4.90 Å². The van der Waals surface area contributed by atoms with Crippen molar-refractivity contribution < 1.29 is 13.5 Å². The molecule has 1 fully saturated rings. The quantitative estimate of drug-likeness (QED) is 0.828. The molecule has 1 aromatic carbocycles. The van der Waals surface area contributed by atoms with E-state index in [1.807, 2.05) is 0 Å². The van der Waals surface area contributed by atoms with Crippen molar-refractivity contribution >= 4 is 0 Å². The fourth-order valence-corrected chi connectivity index (χ4v) is 2.48. The SMILES string of the molecule is COCC1CN(C)CCN1Cc1ccc(F)cc1F. The molecule has 0 aliphatic carbocycles. The summed E-state index contributed by atoms with van der Waals surface area (Å²) in [5, 5.41) is 0. The molecule has 0 N–H and O–H groups in total. The minimum atomic E-state index is -0.534. The van der Waals surface area contributed by atoms with Crippen molar-refractivity contribution in [2.24, 2.45) is 0 Å². The second kappa shape index (κ2) is 6.41. The summed E-state index contributed by atoms with van der Waals surface area (Å²) in [5.74, 6) is -1.01. The van der Waals surface area contributed by atoms with Crippen molar-refractivity contribution in [3.8, 4) is 0 Å². The first-order chi connectivity index (χ1) is 9.10. The molecule has 19 heavy (non-hydrogen) atoms. The van der Waals surface area contributed by atoms with Crippen LogP contribution in [0.25, 0.3) is 0 Å². The second-order valence-corrected chi connectivity index (χ2v) is 5.08. The molecule has 0 spiro atoms. The first-order valence-corrected chi connectivity index (χ1v) is 6.45. The lowest BCUT2D eigenvalue weighted by Gasteiger charge is -2.39. The van der Waals surface area contributed by atoms with Crippen LogP contribution in [0.3, 0.4) is 0 Å². The molecule has 2 rings (SSSR count). The van der Waals surface area contributed by atoms with Gasteiger partial charge in [-0.05, 0) is 13.1 Å². The fourth-order valence-electron chi connectivity index (χ4n) is 2.48. The van der Waals surface area contributed by atoms with Crippen LogP contribution in [0.2, 0.25) is 0 Å². The third-order valence-corrected chi connectivity index (χ3v) is 3.56. The third-order valence-electron chi connectivity index (χ3n) is 3.56. The highest BCUT2D eigenvalue weighted by atomic mass is 19.1. The number of halogens is 2. The minimum absolute atomic E-state index is 0.244. The van der Waals surface area contributed by atoms with E-state index in [1.165, 1.54) is 12.1 Å². The van der Waals surface area contributed by atoms with Gasteiger partial charge in [0.1, 0.15) is 11.6 Å². The average molecular weight is 270 g/mol. The summed E-state index contributed by atoms with van der Waals surface area (Å²) in [5.41, 5.74) is 0.534. The van der Waals surface area contributed by atoms with Gasteiger partial charge in [0.05, 0.1) is 6.61 Å². The molecule has 0 radical (unpaired) electrons. The summed E-state index contributed by atoms with van der Waals surface area (Å²) >= 11 is 0. The van der Waals surface area contributed by atoms with E-state index >= 15 is 0 Å². The van der Waals surface area contributed by atoms with Gasteiger partial charge in [-0.2, -0.15) is 0 Å². The molecule has 0 amide bonds. The second-order valence-electron chi connectivity index (χ2n) is 5.08. The summed E-state index contributed by atoms with van der Waals surface area (Å²) in [6, 6.07) is 4.01. The molecule has 106 valence electrons. The summed E-state index contributed by atoms with van der Waals surface area (Å²) in [6.45, 7) is 3.82. The van der Waals surface area contributed by atoms with Crippen molar-refractivity contribution in [1.82, 2.24) is 9.80 Å². The lowest BCUT2D eigenvalue weighted by molar-refractivity contribution is 0.0290. The number of ether oxygens (including phenoxy) is 1. The Hall–Kier alpha value is -1.04. The van der Waals surface area contributed by atoms with Crippen LogP contribution < -0.4 is 0 Å². The summed E-state index contributed by atoms with van der Waals surface area (Å²) in [6.07, 6.45) is 0. The Morgan fingerprint density at radius 2 is 2.11 bits per heavy atom. The van der Waals surface area contributed by atoms with Gasteiger partial charge in [0.25, 0.3) is 0 Å². The normalized spacial score (nSPS) is 21.8. The van der Waals surface area contributed by atoms with Crippen molar-refractivity contribution in [2.45, 2.75) is 12.6 Å². The Morgan fingerprint density at radius 3 is 2.79 bits per heavy atom. The van der Waals surface area contributed by atoms with Crippen LogP contribution in [0, 0.1) is 11.6 Å². The number of benzene rings is 1.